The first-order valence-corrected chi connectivity index (χ1v) is 10.7. The first kappa shape index (κ1) is 23.3. The number of benzene rings is 1. The monoisotopic (exact) mass is 435 g/mol. The summed E-state index contributed by atoms with van der Waals surface area (Å²) in [5.41, 5.74) is -1.14. The van der Waals surface area contributed by atoms with E-state index in [0.717, 1.165) is 0 Å². The standard InChI is InChI=1S/C23H33NO7/c1-13-11-15(20(26)27)18(29-13)19-16(12-14-9-7-8-10-17(14)25)24(23(5,6)30-19)21(28)31-22(2,3)4/h7-10,13,15-16,18-19,25H,11-12H2,1-6H3,(H,26,27)/t13?,15-,16+,18-,19-/m1/s1. The first-order valence-electron chi connectivity index (χ1n) is 10.7. The smallest absolute Gasteiger partial charge is 0.412 e. The van der Waals surface area contributed by atoms with E-state index in [1.165, 1.54) is 4.90 Å². The van der Waals surface area contributed by atoms with Gasteiger partial charge in [-0.2, -0.15) is 0 Å². The molecular formula is C23H33NO7. The van der Waals surface area contributed by atoms with Crippen LogP contribution in [0.5, 0.6) is 5.75 Å². The molecule has 31 heavy (non-hydrogen) atoms. The van der Waals surface area contributed by atoms with E-state index in [1.54, 1.807) is 58.9 Å². The number of nitrogens with zero attached hydrogens (tertiary/aromatic N) is 1. The van der Waals surface area contributed by atoms with Crippen LogP contribution in [0.3, 0.4) is 0 Å². The molecule has 1 aromatic rings. The summed E-state index contributed by atoms with van der Waals surface area (Å²) in [6.07, 6.45) is -1.59. The van der Waals surface area contributed by atoms with Gasteiger partial charge < -0.3 is 24.4 Å². The third kappa shape index (κ3) is 4.96. The average Bonchev–Trinajstić information content (AvgIpc) is 3.12. The predicted octanol–water partition coefficient (Wildman–Crippen LogP) is 3.55. The highest BCUT2D eigenvalue weighted by atomic mass is 16.6. The van der Waals surface area contributed by atoms with Gasteiger partial charge >= 0.3 is 12.1 Å². The molecule has 1 amide bonds. The van der Waals surface area contributed by atoms with E-state index in [4.69, 9.17) is 14.2 Å². The van der Waals surface area contributed by atoms with E-state index >= 15 is 0 Å². The zero-order chi connectivity index (χ0) is 23.1. The molecule has 5 atom stereocenters. The number of ether oxygens (including phenoxy) is 3. The van der Waals surface area contributed by atoms with Crippen LogP contribution in [-0.2, 0) is 25.4 Å². The largest absolute Gasteiger partial charge is 0.508 e. The number of aliphatic carboxylic acids is 1. The quantitative estimate of drug-likeness (QED) is 0.745. The Hall–Kier alpha value is -2.32. The van der Waals surface area contributed by atoms with Crippen LogP contribution in [0.15, 0.2) is 24.3 Å². The van der Waals surface area contributed by atoms with Crippen LogP contribution in [0.4, 0.5) is 4.79 Å². The van der Waals surface area contributed by atoms with Crippen molar-refractivity contribution in [3.8, 4) is 5.75 Å². The van der Waals surface area contributed by atoms with Gasteiger partial charge in [0.25, 0.3) is 0 Å². The summed E-state index contributed by atoms with van der Waals surface area (Å²) in [6.45, 7) is 10.7. The number of phenols is 1. The van der Waals surface area contributed by atoms with Crippen molar-refractivity contribution in [2.24, 2.45) is 5.92 Å². The Balaban J connectivity index is 2.01. The van der Waals surface area contributed by atoms with Crippen LogP contribution in [0.2, 0.25) is 0 Å². The van der Waals surface area contributed by atoms with Gasteiger partial charge in [-0.15, -0.1) is 0 Å². The minimum atomic E-state index is -1.06. The molecular weight excluding hydrogens is 402 g/mol. The van der Waals surface area contributed by atoms with Gasteiger partial charge in [-0.1, -0.05) is 18.2 Å². The van der Waals surface area contributed by atoms with Crippen LogP contribution in [0, 0.1) is 5.92 Å². The van der Waals surface area contributed by atoms with E-state index < -0.39 is 47.6 Å². The van der Waals surface area contributed by atoms with Gasteiger partial charge in [-0.3, -0.25) is 9.69 Å². The topological polar surface area (TPSA) is 106 Å². The van der Waals surface area contributed by atoms with Crippen LogP contribution < -0.4 is 0 Å². The van der Waals surface area contributed by atoms with Crippen molar-refractivity contribution in [2.75, 3.05) is 0 Å². The summed E-state index contributed by atoms with van der Waals surface area (Å²) in [7, 11) is 0. The van der Waals surface area contributed by atoms with Gasteiger partial charge in [-0.25, -0.2) is 4.79 Å². The summed E-state index contributed by atoms with van der Waals surface area (Å²) in [5.74, 6) is -1.60. The van der Waals surface area contributed by atoms with E-state index in [-0.39, 0.29) is 18.3 Å². The van der Waals surface area contributed by atoms with Gasteiger partial charge in [0.15, 0.2) is 0 Å². The number of para-hydroxylation sites is 1. The summed E-state index contributed by atoms with van der Waals surface area (Å²) >= 11 is 0. The fraction of sp³-hybridized carbons (Fsp3) is 0.652. The summed E-state index contributed by atoms with van der Waals surface area (Å²) in [5, 5.41) is 20.1. The average molecular weight is 436 g/mol. The number of aromatic hydroxyl groups is 1. The fourth-order valence-corrected chi connectivity index (χ4v) is 4.54. The predicted molar refractivity (Wildman–Crippen MR) is 113 cm³/mol. The maximum absolute atomic E-state index is 13.2. The molecule has 0 saturated carbocycles. The minimum Gasteiger partial charge on any atom is -0.508 e. The lowest BCUT2D eigenvalue weighted by Crippen LogP contribution is -2.52. The van der Waals surface area contributed by atoms with Gasteiger partial charge in [0.05, 0.1) is 24.2 Å². The highest BCUT2D eigenvalue weighted by Crippen LogP contribution is 2.42. The van der Waals surface area contributed by atoms with Crippen molar-refractivity contribution < 1.29 is 34.0 Å². The molecule has 2 aliphatic heterocycles. The molecule has 2 aliphatic rings. The molecule has 8 heteroatoms. The molecule has 0 spiro atoms. The maximum atomic E-state index is 13.2. The van der Waals surface area contributed by atoms with E-state index in [9.17, 15) is 19.8 Å². The van der Waals surface area contributed by atoms with Crippen molar-refractivity contribution in [3.05, 3.63) is 29.8 Å². The molecule has 0 radical (unpaired) electrons. The van der Waals surface area contributed by atoms with Crippen LogP contribution in [-0.4, -0.2) is 62.9 Å². The van der Waals surface area contributed by atoms with Crippen molar-refractivity contribution >= 4 is 12.1 Å². The Morgan fingerprint density at radius 2 is 1.87 bits per heavy atom. The minimum absolute atomic E-state index is 0.102. The number of carbonyl (C=O) groups is 2. The summed E-state index contributed by atoms with van der Waals surface area (Å²) < 4.78 is 17.9. The zero-order valence-corrected chi connectivity index (χ0v) is 19.0. The van der Waals surface area contributed by atoms with Gasteiger partial charge in [0.2, 0.25) is 0 Å². The molecule has 172 valence electrons. The highest BCUT2D eigenvalue weighted by Gasteiger charge is 2.57. The molecule has 1 aromatic carbocycles. The zero-order valence-electron chi connectivity index (χ0n) is 19.0. The number of amides is 1. The van der Waals surface area contributed by atoms with E-state index in [0.29, 0.717) is 12.0 Å². The fourth-order valence-electron chi connectivity index (χ4n) is 4.54. The molecule has 0 bridgehead atoms. The molecule has 1 unspecified atom stereocenters. The Kier molecular flexibility index (Phi) is 6.26. The van der Waals surface area contributed by atoms with Crippen LogP contribution in [0.25, 0.3) is 0 Å². The van der Waals surface area contributed by atoms with Gasteiger partial charge in [0, 0.05) is 0 Å². The second-order valence-electron chi connectivity index (χ2n) is 9.87. The molecule has 2 N–H and O–H groups in total. The van der Waals surface area contributed by atoms with Gasteiger partial charge in [-0.05, 0) is 66.0 Å². The Bertz CT molecular complexity index is 831. The molecule has 2 heterocycles. The lowest BCUT2D eigenvalue weighted by molar-refractivity contribution is -0.151. The Labute approximate surface area is 183 Å². The van der Waals surface area contributed by atoms with Crippen LogP contribution >= 0.6 is 0 Å². The normalized spacial score (nSPS) is 30.4. The number of rotatable bonds is 4. The molecule has 0 aromatic heterocycles. The Morgan fingerprint density at radius 1 is 1.23 bits per heavy atom. The van der Waals surface area contributed by atoms with Crippen molar-refractivity contribution in [1.29, 1.82) is 0 Å². The van der Waals surface area contributed by atoms with Crippen molar-refractivity contribution in [2.45, 2.75) is 90.1 Å². The number of carbonyl (C=O) groups excluding carboxylic acids is 1. The third-order valence-electron chi connectivity index (χ3n) is 5.74. The second kappa shape index (κ2) is 8.31. The van der Waals surface area contributed by atoms with Crippen molar-refractivity contribution in [1.82, 2.24) is 4.90 Å². The molecule has 3 rings (SSSR count). The molecule has 2 fully saturated rings. The number of phenolic OH excluding ortho intramolecular Hbond substituents is 1. The number of carboxylic acid groups (broad SMARTS) is 1. The SMILES string of the molecule is CC1C[C@@H](C(=O)O)[C@H]([C@@H]2OC(C)(C)N(C(=O)OC(C)(C)C)[C@H]2Cc2ccccc2O)O1. The highest BCUT2D eigenvalue weighted by molar-refractivity contribution is 5.72. The van der Waals surface area contributed by atoms with Crippen LogP contribution in [0.1, 0.15) is 53.5 Å². The number of carboxylic acids is 1. The molecule has 0 aliphatic carbocycles. The Morgan fingerprint density at radius 3 is 2.45 bits per heavy atom. The molecule has 2 saturated heterocycles. The van der Waals surface area contributed by atoms with E-state index in [2.05, 4.69) is 0 Å². The number of hydrogen-bond acceptors (Lipinski definition) is 6. The summed E-state index contributed by atoms with van der Waals surface area (Å²) in [4.78, 5) is 26.6. The lowest BCUT2D eigenvalue weighted by atomic mass is 9.89. The summed E-state index contributed by atoms with van der Waals surface area (Å²) in [6, 6.07) is 6.29. The maximum Gasteiger partial charge on any atom is 0.412 e. The first-order chi connectivity index (χ1) is 14.3. The molecule has 8 nitrogen and oxygen atoms in total. The third-order valence-corrected chi connectivity index (χ3v) is 5.74. The number of hydrogen-bond donors (Lipinski definition) is 2. The van der Waals surface area contributed by atoms with E-state index in [1.807, 2.05) is 6.92 Å². The lowest BCUT2D eigenvalue weighted by Gasteiger charge is -2.35. The second-order valence-corrected chi connectivity index (χ2v) is 9.87. The van der Waals surface area contributed by atoms with Crippen molar-refractivity contribution in [3.63, 3.8) is 0 Å². The van der Waals surface area contributed by atoms with Gasteiger partial charge in [0.1, 0.15) is 23.2 Å².